The van der Waals surface area contributed by atoms with Crippen molar-refractivity contribution in [3.63, 3.8) is 0 Å². The van der Waals surface area contributed by atoms with Crippen molar-refractivity contribution in [3.05, 3.63) is 34.9 Å². The second-order valence-corrected chi connectivity index (χ2v) is 5.04. The highest BCUT2D eigenvalue weighted by atomic mass is 35.5. The lowest BCUT2D eigenvalue weighted by molar-refractivity contribution is -0.135. The summed E-state index contributed by atoms with van der Waals surface area (Å²) >= 11 is 6.37. The number of benzene rings is 1. The topological polar surface area (TPSA) is 29.5 Å². The van der Waals surface area contributed by atoms with Crippen molar-refractivity contribution in [1.29, 1.82) is 0 Å². The van der Waals surface area contributed by atoms with Crippen LogP contribution in [0.15, 0.2) is 18.2 Å². The lowest BCUT2D eigenvalue weighted by Gasteiger charge is -2.29. The van der Waals surface area contributed by atoms with E-state index in [1.165, 1.54) is 0 Å². The van der Waals surface area contributed by atoms with E-state index in [2.05, 4.69) is 0 Å². The Balaban J connectivity index is 2.19. The van der Waals surface area contributed by atoms with Gasteiger partial charge in [-0.2, -0.15) is 0 Å². The van der Waals surface area contributed by atoms with Crippen LogP contribution in [-0.2, 0) is 9.53 Å². The molecule has 0 aromatic heterocycles. The zero-order chi connectivity index (χ0) is 13.1. The molecule has 1 aromatic carbocycles. The van der Waals surface area contributed by atoms with E-state index < -0.39 is 5.38 Å². The molecular weight excluding hydrogens is 250 g/mol. The van der Waals surface area contributed by atoms with Crippen LogP contribution in [0.25, 0.3) is 0 Å². The van der Waals surface area contributed by atoms with E-state index in [0.29, 0.717) is 26.3 Å². The van der Waals surface area contributed by atoms with Crippen molar-refractivity contribution >= 4 is 17.5 Å². The molecule has 0 aliphatic carbocycles. The third-order valence-corrected chi connectivity index (χ3v) is 3.74. The van der Waals surface area contributed by atoms with Gasteiger partial charge in [-0.25, -0.2) is 0 Å². The summed E-state index contributed by atoms with van der Waals surface area (Å²) in [6.07, 6.45) is 0. The lowest BCUT2D eigenvalue weighted by Crippen LogP contribution is -2.42. The van der Waals surface area contributed by atoms with Crippen LogP contribution in [0, 0.1) is 13.8 Å². The Morgan fingerprint density at radius 2 is 1.83 bits per heavy atom. The van der Waals surface area contributed by atoms with Crippen molar-refractivity contribution in [2.45, 2.75) is 19.2 Å². The Hall–Kier alpha value is -1.06. The molecule has 1 saturated heterocycles. The minimum Gasteiger partial charge on any atom is -0.378 e. The smallest absolute Gasteiger partial charge is 0.245 e. The first-order valence-electron chi connectivity index (χ1n) is 6.18. The molecule has 0 N–H and O–H groups in total. The Kier molecular flexibility index (Phi) is 4.25. The number of alkyl halides is 1. The Morgan fingerprint density at radius 3 is 2.39 bits per heavy atom. The summed E-state index contributed by atoms with van der Waals surface area (Å²) in [6, 6.07) is 5.96. The average Bonchev–Trinajstić information content (AvgIpc) is 2.38. The molecule has 1 atom stereocenters. The molecule has 0 saturated carbocycles. The molecule has 0 radical (unpaired) electrons. The predicted molar refractivity (Wildman–Crippen MR) is 71.9 cm³/mol. The number of carbonyl (C=O) groups excluding carboxylic acids is 1. The van der Waals surface area contributed by atoms with Crippen LogP contribution in [0.2, 0.25) is 0 Å². The number of aryl methyl sites for hydroxylation is 2. The van der Waals surface area contributed by atoms with Crippen LogP contribution < -0.4 is 0 Å². The third kappa shape index (κ3) is 2.68. The molecule has 1 unspecified atom stereocenters. The monoisotopic (exact) mass is 267 g/mol. The molecule has 0 spiro atoms. The molecule has 3 nitrogen and oxygen atoms in total. The van der Waals surface area contributed by atoms with Gasteiger partial charge in [-0.1, -0.05) is 18.2 Å². The minimum absolute atomic E-state index is 0.0163. The average molecular weight is 268 g/mol. The largest absolute Gasteiger partial charge is 0.378 e. The second-order valence-electron chi connectivity index (χ2n) is 4.61. The SMILES string of the molecule is Cc1cccc(C)c1C(Cl)C(=O)N1CCOCC1. The number of morpholine rings is 1. The van der Waals surface area contributed by atoms with Crippen molar-refractivity contribution in [2.24, 2.45) is 0 Å². The molecule has 1 aliphatic heterocycles. The van der Waals surface area contributed by atoms with E-state index in [4.69, 9.17) is 16.3 Å². The maximum absolute atomic E-state index is 12.3. The normalized spacial score (nSPS) is 17.6. The maximum atomic E-state index is 12.3. The first-order valence-corrected chi connectivity index (χ1v) is 6.61. The summed E-state index contributed by atoms with van der Waals surface area (Å²) in [7, 11) is 0. The number of nitrogens with zero attached hydrogens (tertiary/aromatic N) is 1. The van der Waals surface area contributed by atoms with Crippen LogP contribution in [0.1, 0.15) is 22.1 Å². The fraction of sp³-hybridized carbons (Fsp3) is 0.500. The van der Waals surface area contributed by atoms with Gasteiger partial charge in [-0.15, -0.1) is 11.6 Å². The molecule has 4 heteroatoms. The number of amides is 1. The first-order chi connectivity index (χ1) is 8.61. The molecule has 1 aliphatic rings. The van der Waals surface area contributed by atoms with Crippen LogP contribution in [0.4, 0.5) is 0 Å². The van der Waals surface area contributed by atoms with Gasteiger partial charge in [0.2, 0.25) is 5.91 Å². The lowest BCUT2D eigenvalue weighted by atomic mass is 9.99. The number of hydrogen-bond donors (Lipinski definition) is 0. The van der Waals surface area contributed by atoms with E-state index in [0.717, 1.165) is 16.7 Å². The molecular formula is C14H18ClNO2. The van der Waals surface area contributed by atoms with E-state index >= 15 is 0 Å². The Bertz CT molecular complexity index is 421. The van der Waals surface area contributed by atoms with Gasteiger partial charge in [0.05, 0.1) is 13.2 Å². The molecule has 18 heavy (non-hydrogen) atoms. The molecule has 1 amide bonds. The van der Waals surface area contributed by atoms with Crippen molar-refractivity contribution < 1.29 is 9.53 Å². The second kappa shape index (κ2) is 5.72. The number of carbonyl (C=O) groups is 1. The fourth-order valence-electron chi connectivity index (χ4n) is 2.29. The number of ether oxygens (including phenoxy) is 1. The Labute approximate surface area is 113 Å². The molecule has 1 aromatic rings. The summed E-state index contributed by atoms with van der Waals surface area (Å²) in [6.45, 7) is 6.44. The van der Waals surface area contributed by atoms with Crippen LogP contribution >= 0.6 is 11.6 Å². The first kappa shape index (κ1) is 13.4. The highest BCUT2D eigenvalue weighted by Crippen LogP contribution is 2.29. The van der Waals surface area contributed by atoms with Crippen LogP contribution in [-0.4, -0.2) is 37.1 Å². The van der Waals surface area contributed by atoms with E-state index in [9.17, 15) is 4.79 Å². The molecule has 2 rings (SSSR count). The van der Waals surface area contributed by atoms with Gasteiger partial charge in [0.1, 0.15) is 5.38 Å². The van der Waals surface area contributed by atoms with Gasteiger partial charge in [-0.3, -0.25) is 4.79 Å². The summed E-state index contributed by atoms with van der Waals surface area (Å²) in [5, 5.41) is -0.593. The van der Waals surface area contributed by atoms with Gasteiger partial charge in [-0.05, 0) is 30.5 Å². The maximum Gasteiger partial charge on any atom is 0.245 e. The van der Waals surface area contributed by atoms with Crippen LogP contribution in [0.3, 0.4) is 0 Å². The van der Waals surface area contributed by atoms with Gasteiger partial charge in [0.15, 0.2) is 0 Å². The molecule has 1 heterocycles. The van der Waals surface area contributed by atoms with E-state index in [1.54, 1.807) is 4.90 Å². The summed E-state index contributed by atoms with van der Waals surface area (Å²) in [5.41, 5.74) is 3.07. The Morgan fingerprint density at radius 1 is 1.28 bits per heavy atom. The number of hydrogen-bond acceptors (Lipinski definition) is 2. The van der Waals surface area contributed by atoms with E-state index in [-0.39, 0.29) is 5.91 Å². The molecule has 98 valence electrons. The number of halogens is 1. The standard InChI is InChI=1S/C14H18ClNO2/c1-10-4-3-5-11(2)12(10)13(15)14(17)16-6-8-18-9-7-16/h3-5,13H,6-9H2,1-2H3. The predicted octanol–water partition coefficient (Wildman–Crippen LogP) is 2.44. The van der Waals surface area contributed by atoms with Gasteiger partial charge < -0.3 is 9.64 Å². The third-order valence-electron chi connectivity index (χ3n) is 3.34. The minimum atomic E-state index is -0.593. The highest BCUT2D eigenvalue weighted by Gasteiger charge is 2.27. The zero-order valence-corrected chi connectivity index (χ0v) is 11.5. The summed E-state index contributed by atoms with van der Waals surface area (Å²) < 4.78 is 5.25. The number of rotatable bonds is 2. The molecule has 0 bridgehead atoms. The fourth-order valence-corrected chi connectivity index (χ4v) is 2.78. The van der Waals surface area contributed by atoms with Crippen molar-refractivity contribution in [1.82, 2.24) is 4.90 Å². The van der Waals surface area contributed by atoms with Gasteiger partial charge in [0, 0.05) is 13.1 Å². The van der Waals surface area contributed by atoms with Crippen molar-refractivity contribution in [3.8, 4) is 0 Å². The van der Waals surface area contributed by atoms with E-state index in [1.807, 2.05) is 32.0 Å². The van der Waals surface area contributed by atoms with Crippen LogP contribution in [0.5, 0.6) is 0 Å². The quantitative estimate of drug-likeness (QED) is 0.771. The summed E-state index contributed by atoms with van der Waals surface area (Å²) in [5.74, 6) is -0.0163. The zero-order valence-electron chi connectivity index (χ0n) is 10.8. The highest BCUT2D eigenvalue weighted by molar-refractivity contribution is 6.31. The molecule has 1 fully saturated rings. The van der Waals surface area contributed by atoms with Gasteiger partial charge >= 0.3 is 0 Å². The summed E-state index contributed by atoms with van der Waals surface area (Å²) in [4.78, 5) is 14.1. The van der Waals surface area contributed by atoms with Gasteiger partial charge in [0.25, 0.3) is 0 Å². The van der Waals surface area contributed by atoms with Crippen molar-refractivity contribution in [2.75, 3.05) is 26.3 Å².